The summed E-state index contributed by atoms with van der Waals surface area (Å²) in [5, 5.41) is 5.78. The van der Waals surface area contributed by atoms with Crippen LogP contribution in [0, 0.1) is 12.8 Å². The van der Waals surface area contributed by atoms with Crippen LogP contribution in [0.3, 0.4) is 0 Å². The lowest BCUT2D eigenvalue weighted by Gasteiger charge is -2.23. The molecule has 2 nitrogen and oxygen atoms in total. The summed E-state index contributed by atoms with van der Waals surface area (Å²) in [5.74, 6) is 0.822. The minimum Gasteiger partial charge on any atom is -0.311 e. The smallest absolute Gasteiger partial charge is 0.0302 e. The Labute approximate surface area is 122 Å². The molecule has 1 aliphatic carbocycles. The van der Waals surface area contributed by atoms with Gasteiger partial charge in [-0.25, -0.2) is 0 Å². The second kappa shape index (κ2) is 7.41. The summed E-state index contributed by atoms with van der Waals surface area (Å²) >= 11 is 1.87. The topological polar surface area (TPSA) is 15.3 Å². The molecule has 0 spiro atoms. The van der Waals surface area contributed by atoms with Crippen molar-refractivity contribution in [3.63, 3.8) is 0 Å². The van der Waals surface area contributed by atoms with E-state index in [2.05, 4.69) is 42.4 Å². The standard InChI is InChI=1S/C16H28N2S/c1-13(2)6-9-18(15-4-5-15)10-8-17-12-16-14(3)7-11-19-16/h7,11,13,15,17H,4-6,8-10,12H2,1-3H3. The van der Waals surface area contributed by atoms with Crippen LogP contribution in [-0.2, 0) is 6.54 Å². The molecule has 0 saturated heterocycles. The Morgan fingerprint density at radius 1 is 1.37 bits per heavy atom. The van der Waals surface area contributed by atoms with Crippen molar-refractivity contribution in [2.75, 3.05) is 19.6 Å². The summed E-state index contributed by atoms with van der Waals surface area (Å²) in [5.41, 5.74) is 1.43. The van der Waals surface area contributed by atoms with Crippen molar-refractivity contribution in [2.45, 2.75) is 52.6 Å². The highest BCUT2D eigenvalue weighted by molar-refractivity contribution is 7.10. The van der Waals surface area contributed by atoms with E-state index in [4.69, 9.17) is 0 Å². The van der Waals surface area contributed by atoms with Crippen LogP contribution in [0.15, 0.2) is 11.4 Å². The summed E-state index contributed by atoms with van der Waals surface area (Å²) in [6.45, 7) is 11.5. The molecule has 2 rings (SSSR count). The second-order valence-corrected chi connectivity index (χ2v) is 7.15. The molecule has 0 bridgehead atoms. The van der Waals surface area contributed by atoms with Crippen molar-refractivity contribution in [3.05, 3.63) is 21.9 Å². The van der Waals surface area contributed by atoms with Gasteiger partial charge in [0.25, 0.3) is 0 Å². The first-order chi connectivity index (χ1) is 9.16. The molecule has 1 heterocycles. The van der Waals surface area contributed by atoms with E-state index in [0.29, 0.717) is 0 Å². The quantitative estimate of drug-likeness (QED) is 0.695. The molecule has 108 valence electrons. The Morgan fingerprint density at radius 3 is 2.74 bits per heavy atom. The summed E-state index contributed by atoms with van der Waals surface area (Å²) in [4.78, 5) is 4.18. The highest BCUT2D eigenvalue weighted by Gasteiger charge is 2.28. The molecule has 0 unspecified atom stereocenters. The lowest BCUT2D eigenvalue weighted by Crippen LogP contribution is -2.34. The maximum Gasteiger partial charge on any atom is 0.0302 e. The van der Waals surface area contributed by atoms with E-state index in [0.717, 1.165) is 25.0 Å². The van der Waals surface area contributed by atoms with Crippen LogP contribution in [0.4, 0.5) is 0 Å². The third-order valence-corrected chi connectivity index (χ3v) is 4.91. The molecule has 1 saturated carbocycles. The molecule has 1 aromatic rings. The molecule has 1 fully saturated rings. The van der Waals surface area contributed by atoms with Crippen molar-refractivity contribution in [1.29, 1.82) is 0 Å². The van der Waals surface area contributed by atoms with Crippen LogP contribution in [0.25, 0.3) is 0 Å². The van der Waals surface area contributed by atoms with Gasteiger partial charge >= 0.3 is 0 Å². The van der Waals surface area contributed by atoms with Gasteiger partial charge in [-0.15, -0.1) is 11.3 Å². The first kappa shape index (κ1) is 15.0. The average molecular weight is 280 g/mol. The van der Waals surface area contributed by atoms with Gasteiger partial charge in [-0.3, -0.25) is 4.90 Å². The van der Waals surface area contributed by atoms with Crippen molar-refractivity contribution >= 4 is 11.3 Å². The molecule has 0 atom stereocenters. The fourth-order valence-electron chi connectivity index (χ4n) is 2.35. The van der Waals surface area contributed by atoms with Gasteiger partial charge in [0.05, 0.1) is 0 Å². The van der Waals surface area contributed by atoms with Crippen LogP contribution in [0.1, 0.15) is 43.6 Å². The van der Waals surface area contributed by atoms with E-state index in [-0.39, 0.29) is 0 Å². The Kier molecular flexibility index (Phi) is 5.86. The van der Waals surface area contributed by atoms with Gasteiger partial charge in [0, 0.05) is 30.6 Å². The fourth-order valence-corrected chi connectivity index (χ4v) is 3.23. The molecular formula is C16H28N2S. The number of thiophene rings is 1. The Balaban J connectivity index is 1.63. The van der Waals surface area contributed by atoms with Gasteiger partial charge in [0.15, 0.2) is 0 Å². The summed E-state index contributed by atoms with van der Waals surface area (Å²) < 4.78 is 0. The van der Waals surface area contributed by atoms with Gasteiger partial charge in [0.1, 0.15) is 0 Å². The lowest BCUT2D eigenvalue weighted by molar-refractivity contribution is 0.247. The molecule has 3 heteroatoms. The molecule has 0 aliphatic heterocycles. The van der Waals surface area contributed by atoms with Crippen LogP contribution >= 0.6 is 11.3 Å². The average Bonchev–Trinajstić information content (AvgIpc) is 3.12. The molecular weight excluding hydrogens is 252 g/mol. The SMILES string of the molecule is Cc1ccsc1CNCCN(CCC(C)C)C1CC1. The first-order valence-electron chi connectivity index (χ1n) is 7.64. The summed E-state index contributed by atoms with van der Waals surface area (Å²) in [6, 6.07) is 3.10. The Bertz CT molecular complexity index is 369. The normalized spacial score (nSPS) is 15.6. The minimum absolute atomic E-state index is 0.822. The van der Waals surface area contributed by atoms with Gasteiger partial charge in [-0.2, -0.15) is 0 Å². The van der Waals surface area contributed by atoms with E-state index in [1.807, 2.05) is 11.3 Å². The van der Waals surface area contributed by atoms with Crippen LogP contribution in [0.5, 0.6) is 0 Å². The van der Waals surface area contributed by atoms with E-state index in [9.17, 15) is 0 Å². The molecule has 19 heavy (non-hydrogen) atoms. The summed E-state index contributed by atoms with van der Waals surface area (Å²) in [6.07, 6.45) is 4.17. The largest absolute Gasteiger partial charge is 0.311 e. The van der Waals surface area contributed by atoms with Gasteiger partial charge in [-0.05, 0) is 55.7 Å². The number of hydrogen-bond donors (Lipinski definition) is 1. The molecule has 1 aromatic heterocycles. The Hall–Kier alpha value is -0.380. The summed E-state index contributed by atoms with van der Waals surface area (Å²) in [7, 11) is 0. The Morgan fingerprint density at radius 2 is 2.16 bits per heavy atom. The molecule has 0 amide bonds. The predicted octanol–water partition coefficient (Wildman–Crippen LogP) is 3.66. The molecule has 0 radical (unpaired) electrons. The first-order valence-corrected chi connectivity index (χ1v) is 8.52. The highest BCUT2D eigenvalue weighted by Crippen LogP contribution is 2.27. The third kappa shape index (κ3) is 5.25. The van der Waals surface area contributed by atoms with E-state index >= 15 is 0 Å². The van der Waals surface area contributed by atoms with Crippen molar-refractivity contribution < 1.29 is 0 Å². The van der Waals surface area contributed by atoms with E-state index < -0.39 is 0 Å². The van der Waals surface area contributed by atoms with Crippen LogP contribution in [0.2, 0.25) is 0 Å². The lowest BCUT2D eigenvalue weighted by atomic mass is 10.1. The highest BCUT2D eigenvalue weighted by atomic mass is 32.1. The maximum absolute atomic E-state index is 3.60. The number of nitrogens with one attached hydrogen (secondary N) is 1. The zero-order valence-electron chi connectivity index (χ0n) is 12.6. The van der Waals surface area contributed by atoms with Gasteiger partial charge < -0.3 is 5.32 Å². The van der Waals surface area contributed by atoms with Crippen LogP contribution in [-0.4, -0.2) is 30.6 Å². The number of nitrogens with zero attached hydrogens (tertiary/aromatic N) is 1. The van der Waals surface area contributed by atoms with Crippen molar-refractivity contribution in [3.8, 4) is 0 Å². The predicted molar refractivity (Wildman–Crippen MR) is 84.8 cm³/mol. The maximum atomic E-state index is 3.60. The van der Waals surface area contributed by atoms with Crippen molar-refractivity contribution in [2.24, 2.45) is 5.92 Å². The second-order valence-electron chi connectivity index (χ2n) is 6.15. The van der Waals surface area contributed by atoms with E-state index in [1.54, 1.807) is 0 Å². The molecule has 1 aliphatic rings. The van der Waals surface area contributed by atoms with Crippen LogP contribution < -0.4 is 5.32 Å². The monoisotopic (exact) mass is 280 g/mol. The number of rotatable bonds is 9. The van der Waals surface area contributed by atoms with Crippen molar-refractivity contribution in [1.82, 2.24) is 10.2 Å². The van der Waals surface area contributed by atoms with Gasteiger partial charge in [0.2, 0.25) is 0 Å². The fraction of sp³-hybridized carbons (Fsp3) is 0.750. The zero-order chi connectivity index (χ0) is 13.7. The molecule has 1 N–H and O–H groups in total. The third-order valence-electron chi connectivity index (χ3n) is 3.89. The number of hydrogen-bond acceptors (Lipinski definition) is 3. The minimum atomic E-state index is 0.822. The zero-order valence-corrected chi connectivity index (χ0v) is 13.4. The number of aryl methyl sites for hydroxylation is 1. The van der Waals surface area contributed by atoms with Gasteiger partial charge in [-0.1, -0.05) is 13.8 Å². The van der Waals surface area contributed by atoms with E-state index in [1.165, 1.54) is 42.8 Å². The molecule has 0 aromatic carbocycles.